The number of benzene rings is 1. The van der Waals surface area contributed by atoms with Crippen molar-refractivity contribution in [3.05, 3.63) is 24.3 Å². The van der Waals surface area contributed by atoms with Crippen LogP contribution in [0.5, 0.6) is 0 Å². The summed E-state index contributed by atoms with van der Waals surface area (Å²) >= 11 is 1.71. The first kappa shape index (κ1) is 15.8. The van der Waals surface area contributed by atoms with Crippen LogP contribution < -0.4 is 16.0 Å². The molecule has 1 aliphatic heterocycles. The van der Waals surface area contributed by atoms with E-state index < -0.39 is 0 Å². The topological polar surface area (TPSA) is 73.5 Å². The zero-order valence-electron chi connectivity index (χ0n) is 12.2. The molecule has 1 aromatic rings. The van der Waals surface area contributed by atoms with Gasteiger partial charge >= 0.3 is 0 Å². The highest BCUT2D eigenvalue weighted by Gasteiger charge is 2.22. The minimum absolute atomic E-state index is 0.0237. The Morgan fingerprint density at radius 1 is 1.24 bits per heavy atom. The Morgan fingerprint density at radius 3 is 2.38 bits per heavy atom. The summed E-state index contributed by atoms with van der Waals surface area (Å²) < 4.78 is 0. The maximum Gasteiger partial charge on any atom is 0.242 e. The quantitative estimate of drug-likeness (QED) is 0.750. The van der Waals surface area contributed by atoms with E-state index in [9.17, 15) is 9.59 Å². The lowest BCUT2D eigenvalue weighted by Gasteiger charge is -2.12. The summed E-state index contributed by atoms with van der Waals surface area (Å²) in [4.78, 5) is 25.4. The van der Waals surface area contributed by atoms with Crippen molar-refractivity contribution in [2.75, 3.05) is 42.9 Å². The van der Waals surface area contributed by atoms with Gasteiger partial charge in [-0.25, -0.2) is 0 Å². The standard InChI is InChI=1S/C14H20N4O2S/c1-18(2)7-13(19)16-10-3-5-11(6-4-10)17-14(20)12-8-21-9-15-12/h3-6,12,15H,7-9H2,1-2H3,(H,16,19)(H,17,20). The Bertz CT molecular complexity index is 498. The third-order valence-electron chi connectivity index (χ3n) is 2.93. The third kappa shape index (κ3) is 5.04. The van der Waals surface area contributed by atoms with Crippen LogP contribution in [-0.2, 0) is 9.59 Å². The third-order valence-corrected chi connectivity index (χ3v) is 3.87. The molecule has 1 fully saturated rings. The first-order valence-electron chi connectivity index (χ1n) is 6.71. The summed E-state index contributed by atoms with van der Waals surface area (Å²) in [7, 11) is 3.68. The van der Waals surface area contributed by atoms with Crippen molar-refractivity contribution in [2.24, 2.45) is 0 Å². The molecule has 0 radical (unpaired) electrons. The zero-order chi connectivity index (χ0) is 15.2. The molecule has 1 saturated heterocycles. The fourth-order valence-electron chi connectivity index (χ4n) is 1.92. The monoisotopic (exact) mass is 308 g/mol. The molecule has 0 aromatic heterocycles. The second-order valence-corrected chi connectivity index (χ2v) is 6.15. The highest BCUT2D eigenvalue weighted by molar-refractivity contribution is 7.99. The molecule has 0 aliphatic carbocycles. The lowest BCUT2D eigenvalue weighted by molar-refractivity contribution is -0.118. The fourth-order valence-corrected chi connectivity index (χ4v) is 2.86. The first-order chi connectivity index (χ1) is 10.0. The van der Waals surface area contributed by atoms with E-state index in [0.29, 0.717) is 6.54 Å². The number of amides is 2. The summed E-state index contributed by atoms with van der Waals surface area (Å²) in [5.74, 6) is 1.52. The number of likely N-dealkylation sites (N-methyl/N-ethyl adjacent to an activating group) is 1. The van der Waals surface area contributed by atoms with Gasteiger partial charge in [0.25, 0.3) is 0 Å². The number of nitrogens with one attached hydrogen (secondary N) is 3. The SMILES string of the molecule is CN(C)CC(=O)Nc1ccc(NC(=O)C2CSCN2)cc1. The number of nitrogens with zero attached hydrogens (tertiary/aromatic N) is 1. The van der Waals surface area contributed by atoms with Gasteiger partial charge in [0, 0.05) is 23.0 Å². The smallest absolute Gasteiger partial charge is 0.242 e. The Hall–Kier alpha value is -1.57. The van der Waals surface area contributed by atoms with Crippen LogP contribution >= 0.6 is 11.8 Å². The molecule has 6 nitrogen and oxygen atoms in total. The Kier molecular flexibility index (Phi) is 5.60. The van der Waals surface area contributed by atoms with E-state index in [1.54, 1.807) is 40.9 Å². The zero-order valence-corrected chi connectivity index (χ0v) is 13.0. The first-order valence-corrected chi connectivity index (χ1v) is 7.87. The largest absolute Gasteiger partial charge is 0.325 e. The molecular weight excluding hydrogens is 288 g/mol. The van der Waals surface area contributed by atoms with E-state index >= 15 is 0 Å². The average molecular weight is 308 g/mol. The molecule has 7 heteroatoms. The molecule has 2 rings (SSSR count). The number of thioether (sulfide) groups is 1. The fraction of sp³-hybridized carbons (Fsp3) is 0.429. The molecule has 0 bridgehead atoms. The highest BCUT2D eigenvalue weighted by Crippen LogP contribution is 2.16. The van der Waals surface area contributed by atoms with Crippen molar-refractivity contribution in [2.45, 2.75) is 6.04 Å². The van der Waals surface area contributed by atoms with Crippen LogP contribution in [0, 0.1) is 0 Å². The Balaban J connectivity index is 1.86. The van der Waals surface area contributed by atoms with E-state index in [4.69, 9.17) is 0 Å². The molecule has 1 unspecified atom stereocenters. The number of carbonyl (C=O) groups is 2. The van der Waals surface area contributed by atoms with Crippen molar-refractivity contribution in [3.8, 4) is 0 Å². The highest BCUT2D eigenvalue weighted by atomic mass is 32.2. The Labute approximate surface area is 128 Å². The van der Waals surface area contributed by atoms with Gasteiger partial charge in [-0.05, 0) is 38.4 Å². The normalized spacial score (nSPS) is 17.8. The van der Waals surface area contributed by atoms with Gasteiger partial charge in [-0.15, -0.1) is 11.8 Å². The van der Waals surface area contributed by atoms with Crippen molar-refractivity contribution in [1.29, 1.82) is 0 Å². The second kappa shape index (κ2) is 7.44. The predicted octanol–water partition coefficient (Wildman–Crippen LogP) is 0.788. The van der Waals surface area contributed by atoms with Gasteiger partial charge in [-0.2, -0.15) is 0 Å². The van der Waals surface area contributed by atoms with Crippen LogP contribution in [0.4, 0.5) is 11.4 Å². The van der Waals surface area contributed by atoms with Crippen LogP contribution in [0.25, 0.3) is 0 Å². The molecule has 1 aliphatic rings. The summed E-state index contributed by atoms with van der Waals surface area (Å²) in [6.07, 6.45) is 0. The summed E-state index contributed by atoms with van der Waals surface area (Å²) in [5.41, 5.74) is 1.44. The molecule has 1 heterocycles. The molecule has 0 spiro atoms. The van der Waals surface area contributed by atoms with Gasteiger partial charge in [-0.3, -0.25) is 14.9 Å². The number of hydrogen-bond donors (Lipinski definition) is 3. The van der Waals surface area contributed by atoms with Crippen LogP contribution in [0.2, 0.25) is 0 Å². The van der Waals surface area contributed by atoms with Crippen LogP contribution in [-0.4, -0.2) is 55.0 Å². The average Bonchev–Trinajstić information content (AvgIpc) is 2.94. The van der Waals surface area contributed by atoms with Crippen molar-refractivity contribution in [3.63, 3.8) is 0 Å². The maximum atomic E-state index is 11.9. The summed E-state index contributed by atoms with van der Waals surface area (Å²) in [5, 5.41) is 8.78. The van der Waals surface area contributed by atoms with Gasteiger partial charge in [0.15, 0.2) is 0 Å². The van der Waals surface area contributed by atoms with E-state index in [1.807, 2.05) is 14.1 Å². The minimum Gasteiger partial charge on any atom is -0.325 e. The van der Waals surface area contributed by atoms with E-state index in [2.05, 4.69) is 16.0 Å². The van der Waals surface area contributed by atoms with Crippen LogP contribution in [0.3, 0.4) is 0 Å². The van der Waals surface area contributed by atoms with E-state index in [1.165, 1.54) is 0 Å². The Morgan fingerprint density at radius 2 is 1.86 bits per heavy atom. The summed E-state index contributed by atoms with van der Waals surface area (Å²) in [6, 6.07) is 6.99. The second-order valence-electron chi connectivity index (χ2n) is 5.12. The molecule has 0 saturated carbocycles. The number of hydrogen-bond acceptors (Lipinski definition) is 5. The lowest BCUT2D eigenvalue weighted by Crippen LogP contribution is -2.37. The molecule has 21 heavy (non-hydrogen) atoms. The van der Waals surface area contributed by atoms with E-state index in [0.717, 1.165) is 23.0 Å². The number of rotatable bonds is 5. The van der Waals surface area contributed by atoms with Gasteiger partial charge < -0.3 is 15.5 Å². The molecule has 2 amide bonds. The van der Waals surface area contributed by atoms with Gasteiger partial charge in [0.1, 0.15) is 0 Å². The minimum atomic E-state index is -0.130. The molecule has 114 valence electrons. The maximum absolute atomic E-state index is 11.9. The van der Waals surface area contributed by atoms with Crippen molar-refractivity contribution in [1.82, 2.24) is 10.2 Å². The number of anilines is 2. The van der Waals surface area contributed by atoms with E-state index in [-0.39, 0.29) is 17.9 Å². The van der Waals surface area contributed by atoms with Crippen LogP contribution in [0.1, 0.15) is 0 Å². The van der Waals surface area contributed by atoms with Crippen molar-refractivity contribution >= 4 is 35.0 Å². The lowest BCUT2D eigenvalue weighted by atomic mass is 10.2. The number of carbonyl (C=O) groups excluding carboxylic acids is 2. The van der Waals surface area contributed by atoms with Gasteiger partial charge in [-0.1, -0.05) is 0 Å². The molecule has 1 atom stereocenters. The van der Waals surface area contributed by atoms with Gasteiger partial charge in [0.2, 0.25) is 11.8 Å². The van der Waals surface area contributed by atoms with Crippen molar-refractivity contribution < 1.29 is 9.59 Å². The molecular formula is C14H20N4O2S. The predicted molar refractivity (Wildman–Crippen MR) is 86.5 cm³/mol. The molecule has 1 aromatic carbocycles. The van der Waals surface area contributed by atoms with Gasteiger partial charge in [0.05, 0.1) is 12.6 Å². The molecule has 3 N–H and O–H groups in total. The summed E-state index contributed by atoms with van der Waals surface area (Å²) in [6.45, 7) is 0.337. The van der Waals surface area contributed by atoms with Crippen LogP contribution in [0.15, 0.2) is 24.3 Å².